The second-order valence-corrected chi connectivity index (χ2v) is 6.03. The van der Waals surface area contributed by atoms with Crippen LogP contribution in [0.5, 0.6) is 0 Å². The predicted molar refractivity (Wildman–Crippen MR) is 71.7 cm³/mol. The van der Waals surface area contributed by atoms with Crippen LogP contribution in [0.25, 0.3) is 0 Å². The molecule has 0 aromatic heterocycles. The first-order chi connectivity index (χ1) is 8.88. The third-order valence-electron chi connectivity index (χ3n) is 2.66. The van der Waals surface area contributed by atoms with Crippen molar-refractivity contribution in [1.29, 1.82) is 0 Å². The van der Waals surface area contributed by atoms with Gasteiger partial charge in [0.05, 0.1) is 12.3 Å². The zero-order valence-electron chi connectivity index (χ0n) is 10.8. The van der Waals surface area contributed by atoms with Crippen molar-refractivity contribution in [3.63, 3.8) is 0 Å². The van der Waals surface area contributed by atoms with Crippen molar-refractivity contribution < 1.29 is 23.1 Å². The highest BCUT2D eigenvalue weighted by Crippen LogP contribution is 2.18. The van der Waals surface area contributed by atoms with Crippen molar-refractivity contribution in [3.8, 4) is 0 Å². The first-order valence-electron chi connectivity index (χ1n) is 5.69. The number of carboxylic acid groups (broad SMARTS) is 1. The molecule has 0 heterocycles. The third kappa shape index (κ3) is 4.22. The summed E-state index contributed by atoms with van der Waals surface area (Å²) in [6.45, 7) is 1.58. The molecule has 7 heteroatoms. The second-order valence-electron chi connectivity index (χ2n) is 4.03. The SMILES string of the molecule is COCCc1ccccc1NS(=O)(=O)C(C)C(=O)O. The number of para-hydroxylation sites is 1. The number of carbonyl (C=O) groups is 1. The van der Waals surface area contributed by atoms with Crippen molar-refractivity contribution in [2.45, 2.75) is 18.6 Å². The van der Waals surface area contributed by atoms with Gasteiger partial charge in [-0.2, -0.15) is 0 Å². The lowest BCUT2D eigenvalue weighted by Gasteiger charge is -2.14. The van der Waals surface area contributed by atoms with Crippen LogP contribution >= 0.6 is 0 Å². The number of hydrogen-bond acceptors (Lipinski definition) is 4. The van der Waals surface area contributed by atoms with Gasteiger partial charge in [-0.25, -0.2) is 8.42 Å². The monoisotopic (exact) mass is 287 g/mol. The van der Waals surface area contributed by atoms with Crippen LogP contribution in [-0.2, 0) is 26.0 Å². The molecule has 0 saturated carbocycles. The van der Waals surface area contributed by atoms with Crippen LogP contribution in [0.4, 0.5) is 5.69 Å². The van der Waals surface area contributed by atoms with Gasteiger partial charge in [-0.15, -0.1) is 0 Å². The normalized spacial score (nSPS) is 12.9. The predicted octanol–water partition coefficient (Wildman–Crippen LogP) is 1.09. The van der Waals surface area contributed by atoms with Crippen LogP contribution < -0.4 is 4.72 Å². The summed E-state index contributed by atoms with van der Waals surface area (Å²) in [5.41, 5.74) is 1.14. The van der Waals surface area contributed by atoms with Crippen LogP contribution in [0.15, 0.2) is 24.3 Å². The molecule has 0 radical (unpaired) electrons. The Balaban J connectivity index is 2.96. The number of anilines is 1. The van der Waals surface area contributed by atoms with Gasteiger partial charge >= 0.3 is 5.97 Å². The van der Waals surface area contributed by atoms with E-state index in [0.29, 0.717) is 18.7 Å². The summed E-state index contributed by atoms with van der Waals surface area (Å²) in [6, 6.07) is 6.82. The van der Waals surface area contributed by atoms with Crippen molar-refractivity contribution in [3.05, 3.63) is 29.8 Å². The lowest BCUT2D eigenvalue weighted by molar-refractivity contribution is -0.136. The third-order valence-corrected chi connectivity index (χ3v) is 4.30. The quantitative estimate of drug-likeness (QED) is 0.783. The summed E-state index contributed by atoms with van der Waals surface area (Å²) >= 11 is 0. The van der Waals surface area contributed by atoms with Gasteiger partial charge in [-0.05, 0) is 25.0 Å². The summed E-state index contributed by atoms with van der Waals surface area (Å²) in [7, 11) is -2.40. The maximum Gasteiger partial charge on any atom is 0.323 e. The Morgan fingerprint density at radius 3 is 2.63 bits per heavy atom. The Bertz CT molecular complexity index is 541. The van der Waals surface area contributed by atoms with Crippen LogP contribution in [0, 0.1) is 0 Å². The maximum atomic E-state index is 11.8. The van der Waals surface area contributed by atoms with E-state index >= 15 is 0 Å². The highest BCUT2D eigenvalue weighted by molar-refractivity contribution is 7.94. The molecule has 6 nitrogen and oxygen atoms in total. The second kappa shape index (κ2) is 6.53. The minimum atomic E-state index is -3.95. The number of hydrogen-bond donors (Lipinski definition) is 2. The number of methoxy groups -OCH3 is 1. The zero-order valence-corrected chi connectivity index (χ0v) is 11.6. The number of aliphatic carboxylic acids is 1. The molecule has 1 unspecified atom stereocenters. The highest BCUT2D eigenvalue weighted by atomic mass is 32.2. The zero-order chi connectivity index (χ0) is 14.5. The maximum absolute atomic E-state index is 11.8. The molecule has 0 fully saturated rings. The van der Waals surface area contributed by atoms with Crippen molar-refractivity contribution in [2.24, 2.45) is 0 Å². The summed E-state index contributed by atoms with van der Waals surface area (Å²) < 4.78 is 30.9. The van der Waals surface area contributed by atoms with E-state index in [2.05, 4.69) is 4.72 Å². The number of nitrogens with one attached hydrogen (secondary N) is 1. The van der Waals surface area contributed by atoms with Gasteiger partial charge < -0.3 is 9.84 Å². The molecule has 0 amide bonds. The molecular formula is C12H17NO5S. The molecule has 0 aliphatic carbocycles. The Morgan fingerprint density at radius 1 is 1.42 bits per heavy atom. The smallest absolute Gasteiger partial charge is 0.323 e. The molecule has 0 bridgehead atoms. The van der Waals surface area contributed by atoms with E-state index in [1.54, 1.807) is 31.4 Å². The van der Waals surface area contributed by atoms with E-state index in [-0.39, 0.29) is 0 Å². The average molecular weight is 287 g/mol. The summed E-state index contributed by atoms with van der Waals surface area (Å²) in [6.07, 6.45) is 0.538. The number of sulfonamides is 1. The topological polar surface area (TPSA) is 92.7 Å². The van der Waals surface area contributed by atoms with Gasteiger partial charge in [0.2, 0.25) is 10.0 Å². The Labute approximate surface area is 112 Å². The van der Waals surface area contributed by atoms with Crippen LogP contribution in [-0.4, -0.2) is 38.5 Å². The van der Waals surface area contributed by atoms with Crippen LogP contribution in [0.3, 0.4) is 0 Å². The fourth-order valence-electron chi connectivity index (χ4n) is 1.42. The molecule has 0 spiro atoms. The van der Waals surface area contributed by atoms with Crippen molar-refractivity contribution in [2.75, 3.05) is 18.4 Å². The molecule has 1 aromatic carbocycles. The van der Waals surface area contributed by atoms with E-state index in [9.17, 15) is 13.2 Å². The lowest BCUT2D eigenvalue weighted by atomic mass is 10.1. The van der Waals surface area contributed by atoms with E-state index in [0.717, 1.165) is 12.5 Å². The standard InChI is InChI=1S/C12H17NO5S/c1-9(12(14)15)19(16,17)13-11-6-4-3-5-10(11)7-8-18-2/h3-6,9,13H,7-8H2,1-2H3,(H,14,15). The van der Waals surface area contributed by atoms with E-state index in [1.165, 1.54) is 0 Å². The van der Waals surface area contributed by atoms with Crippen molar-refractivity contribution >= 4 is 21.7 Å². The molecule has 106 valence electrons. The fourth-order valence-corrected chi connectivity index (χ4v) is 2.37. The molecule has 2 N–H and O–H groups in total. The summed E-state index contributed by atoms with van der Waals surface area (Å²) in [5, 5.41) is 7.26. The lowest BCUT2D eigenvalue weighted by Crippen LogP contribution is -2.32. The fraction of sp³-hybridized carbons (Fsp3) is 0.417. The first-order valence-corrected chi connectivity index (χ1v) is 7.24. The van der Waals surface area contributed by atoms with Gasteiger partial charge in [0.15, 0.2) is 5.25 Å². The van der Waals surface area contributed by atoms with Crippen LogP contribution in [0.2, 0.25) is 0 Å². The minimum absolute atomic E-state index is 0.382. The summed E-state index contributed by atoms with van der Waals surface area (Å²) in [5.74, 6) is -1.39. The van der Waals surface area contributed by atoms with Gasteiger partial charge in [0.1, 0.15) is 0 Å². The van der Waals surface area contributed by atoms with E-state index in [1.807, 2.05) is 0 Å². The first kappa shape index (κ1) is 15.5. The molecule has 1 aromatic rings. The number of rotatable bonds is 7. The minimum Gasteiger partial charge on any atom is -0.480 e. The highest BCUT2D eigenvalue weighted by Gasteiger charge is 2.28. The number of carboxylic acids is 1. The molecule has 0 saturated heterocycles. The molecule has 1 atom stereocenters. The largest absolute Gasteiger partial charge is 0.480 e. The molecule has 0 aliphatic heterocycles. The molecule has 0 aliphatic rings. The molecule has 1 rings (SSSR count). The Morgan fingerprint density at radius 2 is 2.05 bits per heavy atom. The molecule has 19 heavy (non-hydrogen) atoms. The van der Waals surface area contributed by atoms with E-state index in [4.69, 9.17) is 9.84 Å². The molecular weight excluding hydrogens is 270 g/mol. The van der Waals surface area contributed by atoms with Gasteiger partial charge in [0.25, 0.3) is 0 Å². The summed E-state index contributed by atoms with van der Waals surface area (Å²) in [4.78, 5) is 10.8. The Kier molecular flexibility index (Phi) is 5.31. The Hall–Kier alpha value is -1.60. The average Bonchev–Trinajstić information content (AvgIpc) is 2.36. The van der Waals surface area contributed by atoms with Gasteiger partial charge in [-0.1, -0.05) is 18.2 Å². The van der Waals surface area contributed by atoms with Gasteiger partial charge in [0, 0.05) is 7.11 Å². The number of ether oxygens (including phenoxy) is 1. The van der Waals surface area contributed by atoms with Crippen molar-refractivity contribution in [1.82, 2.24) is 0 Å². The van der Waals surface area contributed by atoms with Gasteiger partial charge in [-0.3, -0.25) is 9.52 Å². The number of benzene rings is 1. The van der Waals surface area contributed by atoms with E-state index < -0.39 is 21.2 Å². The van der Waals surface area contributed by atoms with Crippen LogP contribution in [0.1, 0.15) is 12.5 Å².